The number of thiophene rings is 1. The van der Waals surface area contributed by atoms with E-state index >= 15 is 0 Å². The van der Waals surface area contributed by atoms with Crippen molar-refractivity contribution in [2.75, 3.05) is 0 Å². The Morgan fingerprint density at radius 1 is 0.952 bits per heavy atom. The van der Waals surface area contributed by atoms with Gasteiger partial charge in [0.1, 0.15) is 0 Å². The molecule has 21 heavy (non-hydrogen) atoms. The Labute approximate surface area is 130 Å². The smallest absolute Gasteiger partial charge is 0.0388 e. The van der Waals surface area contributed by atoms with Gasteiger partial charge in [0.2, 0.25) is 0 Å². The first-order valence-electron chi connectivity index (χ1n) is 7.51. The highest BCUT2D eigenvalue weighted by atomic mass is 32.1. The van der Waals surface area contributed by atoms with E-state index in [0.29, 0.717) is 12.1 Å². The molecule has 2 heteroatoms. The monoisotopic (exact) mass is 295 g/mol. The Morgan fingerprint density at radius 3 is 2.43 bits per heavy atom. The average molecular weight is 295 g/mol. The van der Waals surface area contributed by atoms with E-state index in [1.165, 1.54) is 20.5 Å². The zero-order chi connectivity index (χ0) is 14.7. The molecule has 3 aromatic rings. The van der Waals surface area contributed by atoms with Crippen molar-refractivity contribution in [1.29, 1.82) is 0 Å². The SMILES string of the molecule is CC(Cc1ccccc1)NC(C)c1cc2ccccc2s1. The van der Waals surface area contributed by atoms with E-state index in [-0.39, 0.29) is 0 Å². The van der Waals surface area contributed by atoms with Crippen LogP contribution in [0.15, 0.2) is 60.7 Å². The number of hydrogen-bond donors (Lipinski definition) is 1. The summed E-state index contributed by atoms with van der Waals surface area (Å²) in [5, 5.41) is 5.06. The molecule has 108 valence electrons. The molecule has 0 fully saturated rings. The Bertz CT molecular complexity index is 669. The predicted molar refractivity (Wildman–Crippen MR) is 93.0 cm³/mol. The molecule has 3 rings (SSSR count). The highest BCUT2D eigenvalue weighted by Gasteiger charge is 2.12. The van der Waals surface area contributed by atoms with Gasteiger partial charge in [-0.2, -0.15) is 0 Å². The van der Waals surface area contributed by atoms with E-state index in [1.807, 2.05) is 11.3 Å². The molecule has 2 atom stereocenters. The van der Waals surface area contributed by atoms with Crippen molar-refractivity contribution < 1.29 is 0 Å². The lowest BCUT2D eigenvalue weighted by Crippen LogP contribution is -2.30. The van der Waals surface area contributed by atoms with E-state index in [0.717, 1.165) is 6.42 Å². The summed E-state index contributed by atoms with van der Waals surface area (Å²) in [4.78, 5) is 1.41. The molecule has 1 aromatic heterocycles. The minimum Gasteiger partial charge on any atom is -0.307 e. The normalized spacial score (nSPS) is 14.2. The van der Waals surface area contributed by atoms with Crippen molar-refractivity contribution in [3.8, 4) is 0 Å². The molecule has 0 aliphatic heterocycles. The van der Waals surface area contributed by atoms with Crippen LogP contribution in [0.2, 0.25) is 0 Å². The van der Waals surface area contributed by atoms with Crippen LogP contribution in [-0.4, -0.2) is 6.04 Å². The van der Waals surface area contributed by atoms with Crippen molar-refractivity contribution in [1.82, 2.24) is 5.32 Å². The third-order valence-electron chi connectivity index (χ3n) is 3.79. The molecule has 0 spiro atoms. The van der Waals surface area contributed by atoms with Gasteiger partial charge in [0.05, 0.1) is 0 Å². The summed E-state index contributed by atoms with van der Waals surface area (Å²) < 4.78 is 1.37. The van der Waals surface area contributed by atoms with E-state index in [9.17, 15) is 0 Å². The Morgan fingerprint density at radius 2 is 1.67 bits per heavy atom. The molecule has 0 saturated carbocycles. The molecule has 0 aliphatic rings. The predicted octanol–water partition coefficient (Wildman–Crippen LogP) is 5.18. The summed E-state index contributed by atoms with van der Waals surface area (Å²) in [6.07, 6.45) is 1.07. The maximum Gasteiger partial charge on any atom is 0.0388 e. The van der Waals surface area contributed by atoms with Crippen molar-refractivity contribution >= 4 is 21.4 Å². The zero-order valence-corrected chi connectivity index (χ0v) is 13.4. The highest BCUT2D eigenvalue weighted by Crippen LogP contribution is 2.29. The molecular formula is C19H21NS. The van der Waals surface area contributed by atoms with Gasteiger partial charge in [0.15, 0.2) is 0 Å². The van der Waals surface area contributed by atoms with Crippen LogP contribution in [-0.2, 0) is 6.42 Å². The summed E-state index contributed by atoms with van der Waals surface area (Å²) in [5.74, 6) is 0. The van der Waals surface area contributed by atoms with E-state index < -0.39 is 0 Å². The lowest BCUT2D eigenvalue weighted by Gasteiger charge is -2.19. The molecule has 1 nitrogen and oxygen atoms in total. The molecule has 2 unspecified atom stereocenters. The molecule has 1 heterocycles. The van der Waals surface area contributed by atoms with E-state index in [1.54, 1.807) is 0 Å². The maximum absolute atomic E-state index is 3.72. The lowest BCUT2D eigenvalue weighted by molar-refractivity contribution is 0.482. The van der Waals surface area contributed by atoms with Gasteiger partial charge in [0.25, 0.3) is 0 Å². The summed E-state index contributed by atoms with van der Waals surface area (Å²) in [6, 6.07) is 22.5. The van der Waals surface area contributed by atoms with Crippen molar-refractivity contribution in [2.24, 2.45) is 0 Å². The van der Waals surface area contributed by atoms with Gasteiger partial charge in [0, 0.05) is 21.7 Å². The van der Waals surface area contributed by atoms with Gasteiger partial charge in [-0.15, -0.1) is 11.3 Å². The van der Waals surface area contributed by atoms with Crippen LogP contribution >= 0.6 is 11.3 Å². The second-order valence-electron chi connectivity index (χ2n) is 5.67. The van der Waals surface area contributed by atoms with E-state index in [4.69, 9.17) is 0 Å². The summed E-state index contributed by atoms with van der Waals surface area (Å²) in [6.45, 7) is 4.52. The van der Waals surface area contributed by atoms with Crippen molar-refractivity contribution in [3.05, 3.63) is 71.1 Å². The first-order valence-corrected chi connectivity index (χ1v) is 8.32. The Hall–Kier alpha value is -1.64. The second kappa shape index (κ2) is 6.42. The Balaban J connectivity index is 1.66. The van der Waals surface area contributed by atoms with Crippen LogP contribution < -0.4 is 5.32 Å². The number of benzene rings is 2. The zero-order valence-electron chi connectivity index (χ0n) is 12.5. The third kappa shape index (κ3) is 3.52. The lowest BCUT2D eigenvalue weighted by atomic mass is 10.1. The molecule has 0 aliphatic carbocycles. The van der Waals surface area contributed by atoms with Gasteiger partial charge in [-0.05, 0) is 43.4 Å². The molecule has 2 aromatic carbocycles. The molecule has 0 saturated heterocycles. The molecule has 0 radical (unpaired) electrons. The highest BCUT2D eigenvalue weighted by molar-refractivity contribution is 7.19. The van der Waals surface area contributed by atoms with Gasteiger partial charge >= 0.3 is 0 Å². The largest absolute Gasteiger partial charge is 0.307 e. The van der Waals surface area contributed by atoms with Gasteiger partial charge in [-0.1, -0.05) is 48.5 Å². The molecule has 0 amide bonds. The summed E-state index contributed by atoms with van der Waals surface area (Å²) in [5.41, 5.74) is 1.39. The maximum atomic E-state index is 3.72. The van der Waals surface area contributed by atoms with Crippen LogP contribution in [0.5, 0.6) is 0 Å². The number of fused-ring (bicyclic) bond motifs is 1. The van der Waals surface area contributed by atoms with Crippen LogP contribution in [0.4, 0.5) is 0 Å². The van der Waals surface area contributed by atoms with Crippen LogP contribution in [0.3, 0.4) is 0 Å². The van der Waals surface area contributed by atoms with Crippen molar-refractivity contribution in [3.63, 3.8) is 0 Å². The van der Waals surface area contributed by atoms with E-state index in [2.05, 4.69) is 79.8 Å². The van der Waals surface area contributed by atoms with Gasteiger partial charge in [-0.25, -0.2) is 0 Å². The summed E-state index contributed by atoms with van der Waals surface area (Å²) in [7, 11) is 0. The summed E-state index contributed by atoms with van der Waals surface area (Å²) >= 11 is 1.89. The fraction of sp³-hybridized carbons (Fsp3) is 0.263. The van der Waals surface area contributed by atoms with Crippen LogP contribution in [0.1, 0.15) is 30.3 Å². The van der Waals surface area contributed by atoms with Crippen LogP contribution in [0.25, 0.3) is 10.1 Å². The number of hydrogen-bond acceptors (Lipinski definition) is 2. The van der Waals surface area contributed by atoms with Gasteiger partial charge < -0.3 is 5.32 Å². The van der Waals surface area contributed by atoms with Gasteiger partial charge in [-0.3, -0.25) is 0 Å². The second-order valence-corrected chi connectivity index (χ2v) is 6.78. The molecule has 0 bridgehead atoms. The standard InChI is InChI=1S/C19H21NS/c1-14(12-16-8-4-3-5-9-16)20-15(2)19-13-17-10-6-7-11-18(17)21-19/h3-11,13-15,20H,12H2,1-2H3. The minimum absolute atomic E-state index is 0.390. The quantitative estimate of drug-likeness (QED) is 0.683. The number of rotatable bonds is 5. The third-order valence-corrected chi connectivity index (χ3v) is 5.09. The first kappa shape index (κ1) is 14.3. The molecular weight excluding hydrogens is 274 g/mol. The molecule has 1 N–H and O–H groups in total. The topological polar surface area (TPSA) is 12.0 Å². The van der Waals surface area contributed by atoms with Crippen LogP contribution in [0, 0.1) is 0 Å². The number of nitrogens with one attached hydrogen (secondary N) is 1. The minimum atomic E-state index is 0.390. The Kier molecular flexibility index (Phi) is 4.37. The average Bonchev–Trinajstić information content (AvgIpc) is 2.92. The van der Waals surface area contributed by atoms with Crippen molar-refractivity contribution in [2.45, 2.75) is 32.4 Å². The first-order chi connectivity index (χ1) is 10.2. The fourth-order valence-corrected chi connectivity index (χ4v) is 3.83. The fourth-order valence-electron chi connectivity index (χ4n) is 2.75.